The quantitative estimate of drug-likeness (QED) is 0.881. The Labute approximate surface area is 108 Å². The zero-order chi connectivity index (χ0) is 13.1. The van der Waals surface area contributed by atoms with Crippen molar-refractivity contribution in [2.24, 2.45) is 5.73 Å². The molecular formula is C11H12Cl2F3N. The van der Waals surface area contributed by atoms with Crippen LogP contribution in [0.25, 0.3) is 0 Å². The topological polar surface area (TPSA) is 26.0 Å². The molecule has 0 bridgehead atoms. The van der Waals surface area contributed by atoms with Gasteiger partial charge >= 0.3 is 6.18 Å². The number of rotatable bonds is 4. The van der Waals surface area contributed by atoms with Crippen molar-refractivity contribution < 1.29 is 13.2 Å². The molecule has 0 amide bonds. The van der Waals surface area contributed by atoms with Crippen molar-refractivity contribution in [2.45, 2.75) is 31.5 Å². The average molecular weight is 286 g/mol. The molecule has 1 atom stereocenters. The van der Waals surface area contributed by atoms with E-state index in [1.54, 1.807) is 18.2 Å². The molecule has 0 fully saturated rings. The summed E-state index contributed by atoms with van der Waals surface area (Å²) in [7, 11) is 0. The molecule has 96 valence electrons. The normalized spacial score (nSPS) is 13.8. The van der Waals surface area contributed by atoms with Gasteiger partial charge in [0.05, 0.1) is 10.0 Å². The van der Waals surface area contributed by atoms with Crippen LogP contribution in [0.1, 0.15) is 18.4 Å². The van der Waals surface area contributed by atoms with E-state index >= 15 is 0 Å². The first-order valence-corrected chi connectivity index (χ1v) is 5.80. The van der Waals surface area contributed by atoms with Gasteiger partial charge in [-0.1, -0.05) is 35.3 Å². The number of alkyl halides is 3. The Morgan fingerprint density at radius 3 is 2.47 bits per heavy atom. The van der Waals surface area contributed by atoms with E-state index in [1.807, 2.05) is 0 Å². The highest BCUT2D eigenvalue weighted by molar-refractivity contribution is 6.42. The van der Waals surface area contributed by atoms with Gasteiger partial charge in [0.15, 0.2) is 0 Å². The van der Waals surface area contributed by atoms with Gasteiger partial charge in [-0.2, -0.15) is 13.2 Å². The molecule has 0 saturated carbocycles. The summed E-state index contributed by atoms with van der Waals surface area (Å²) in [4.78, 5) is 0. The molecule has 0 aliphatic heterocycles. The van der Waals surface area contributed by atoms with Crippen LogP contribution in [0.4, 0.5) is 13.2 Å². The maximum absolute atomic E-state index is 12.0. The first-order chi connectivity index (χ1) is 7.79. The van der Waals surface area contributed by atoms with Crippen LogP contribution in [0.15, 0.2) is 18.2 Å². The van der Waals surface area contributed by atoms with Gasteiger partial charge in [-0.05, 0) is 24.5 Å². The summed E-state index contributed by atoms with van der Waals surface area (Å²) in [5.74, 6) is 0. The second kappa shape index (κ2) is 5.94. The molecule has 0 heterocycles. The maximum atomic E-state index is 12.0. The van der Waals surface area contributed by atoms with Crippen molar-refractivity contribution >= 4 is 23.2 Å². The first kappa shape index (κ1) is 14.6. The minimum atomic E-state index is -4.17. The number of nitrogens with two attached hydrogens (primary N) is 1. The molecule has 0 radical (unpaired) electrons. The Morgan fingerprint density at radius 2 is 1.88 bits per heavy atom. The molecule has 1 rings (SSSR count). The lowest BCUT2D eigenvalue weighted by Crippen LogP contribution is -2.25. The molecule has 0 spiro atoms. The molecule has 0 saturated heterocycles. The van der Waals surface area contributed by atoms with Crippen LogP contribution in [0.2, 0.25) is 10.0 Å². The van der Waals surface area contributed by atoms with Crippen molar-refractivity contribution in [2.75, 3.05) is 0 Å². The third kappa shape index (κ3) is 5.15. The van der Waals surface area contributed by atoms with E-state index in [1.165, 1.54) is 0 Å². The zero-order valence-corrected chi connectivity index (χ0v) is 10.4. The van der Waals surface area contributed by atoms with Gasteiger partial charge in [-0.3, -0.25) is 0 Å². The summed E-state index contributed by atoms with van der Waals surface area (Å²) in [5.41, 5.74) is 6.30. The fourth-order valence-electron chi connectivity index (χ4n) is 1.44. The van der Waals surface area contributed by atoms with Gasteiger partial charge in [-0.25, -0.2) is 0 Å². The third-order valence-corrected chi connectivity index (χ3v) is 3.17. The van der Waals surface area contributed by atoms with Crippen molar-refractivity contribution in [3.8, 4) is 0 Å². The van der Waals surface area contributed by atoms with Crippen molar-refractivity contribution in [3.05, 3.63) is 33.8 Å². The van der Waals surface area contributed by atoms with E-state index in [4.69, 9.17) is 28.9 Å². The maximum Gasteiger partial charge on any atom is 0.389 e. The van der Waals surface area contributed by atoms with Crippen LogP contribution in [0.5, 0.6) is 0 Å². The molecule has 1 aromatic carbocycles. The van der Waals surface area contributed by atoms with Gasteiger partial charge < -0.3 is 5.73 Å². The van der Waals surface area contributed by atoms with Crippen molar-refractivity contribution in [3.63, 3.8) is 0 Å². The van der Waals surface area contributed by atoms with Crippen molar-refractivity contribution in [1.29, 1.82) is 0 Å². The zero-order valence-electron chi connectivity index (χ0n) is 8.90. The Hall–Kier alpha value is -0.450. The lowest BCUT2D eigenvalue weighted by molar-refractivity contribution is -0.136. The highest BCUT2D eigenvalue weighted by Crippen LogP contribution is 2.27. The van der Waals surface area contributed by atoms with E-state index in [-0.39, 0.29) is 12.8 Å². The Morgan fingerprint density at radius 1 is 1.24 bits per heavy atom. The molecule has 6 heteroatoms. The van der Waals surface area contributed by atoms with Crippen LogP contribution in [0, 0.1) is 0 Å². The molecule has 0 aliphatic carbocycles. The van der Waals surface area contributed by atoms with E-state index in [0.29, 0.717) is 15.6 Å². The van der Waals surface area contributed by atoms with Gasteiger partial charge in [0.25, 0.3) is 0 Å². The summed E-state index contributed by atoms with van der Waals surface area (Å²) in [5, 5.41) is 0.740. The standard InChI is InChI=1S/C11H12Cl2F3N/c12-9-3-1-2-7(10(9)13)6-8(17)4-5-11(14,15)16/h1-3,8H,4-6,17H2. The summed E-state index contributed by atoms with van der Waals surface area (Å²) >= 11 is 11.7. The van der Waals surface area contributed by atoms with Crippen LogP contribution in [-0.2, 0) is 6.42 Å². The largest absolute Gasteiger partial charge is 0.389 e. The fraction of sp³-hybridized carbons (Fsp3) is 0.455. The van der Waals surface area contributed by atoms with Crippen LogP contribution in [0.3, 0.4) is 0 Å². The molecule has 1 aromatic rings. The molecule has 1 nitrogen and oxygen atoms in total. The van der Waals surface area contributed by atoms with Crippen LogP contribution in [-0.4, -0.2) is 12.2 Å². The van der Waals surface area contributed by atoms with Gasteiger partial charge in [0, 0.05) is 12.5 Å². The summed E-state index contributed by atoms with van der Waals surface area (Å²) in [6.45, 7) is 0. The highest BCUT2D eigenvalue weighted by Gasteiger charge is 2.27. The Kier molecular flexibility index (Phi) is 5.10. The van der Waals surface area contributed by atoms with Crippen molar-refractivity contribution in [1.82, 2.24) is 0 Å². The Bertz CT molecular complexity index is 379. The third-order valence-electron chi connectivity index (χ3n) is 2.31. The number of hydrogen-bond acceptors (Lipinski definition) is 1. The number of hydrogen-bond donors (Lipinski definition) is 1. The van der Waals surface area contributed by atoms with Gasteiger partial charge in [0.2, 0.25) is 0 Å². The second-order valence-corrected chi connectivity index (χ2v) is 4.62. The van der Waals surface area contributed by atoms with Crippen LogP contribution >= 0.6 is 23.2 Å². The van der Waals surface area contributed by atoms with Gasteiger partial charge in [0.1, 0.15) is 0 Å². The summed E-state index contributed by atoms with van der Waals surface area (Å²) < 4.78 is 36.0. The highest BCUT2D eigenvalue weighted by atomic mass is 35.5. The fourth-order valence-corrected chi connectivity index (χ4v) is 1.84. The minimum absolute atomic E-state index is 0.119. The molecular weight excluding hydrogens is 274 g/mol. The van der Waals surface area contributed by atoms with Gasteiger partial charge in [-0.15, -0.1) is 0 Å². The molecule has 17 heavy (non-hydrogen) atoms. The van der Waals surface area contributed by atoms with E-state index in [2.05, 4.69) is 0 Å². The van der Waals surface area contributed by atoms with E-state index in [0.717, 1.165) is 0 Å². The lowest BCUT2D eigenvalue weighted by Gasteiger charge is -2.14. The smallest absolute Gasteiger partial charge is 0.327 e. The monoisotopic (exact) mass is 285 g/mol. The SMILES string of the molecule is NC(CCC(F)(F)F)Cc1cccc(Cl)c1Cl. The average Bonchev–Trinajstić information content (AvgIpc) is 2.21. The van der Waals surface area contributed by atoms with Crippen LogP contribution < -0.4 is 5.73 Å². The van der Waals surface area contributed by atoms with E-state index < -0.39 is 18.6 Å². The van der Waals surface area contributed by atoms with E-state index in [9.17, 15) is 13.2 Å². The molecule has 2 N–H and O–H groups in total. The predicted molar refractivity (Wildman–Crippen MR) is 63.4 cm³/mol. The number of benzene rings is 1. The lowest BCUT2D eigenvalue weighted by atomic mass is 10.0. The number of halogens is 5. The molecule has 1 unspecified atom stereocenters. The Balaban J connectivity index is 2.56. The first-order valence-electron chi connectivity index (χ1n) is 5.05. The minimum Gasteiger partial charge on any atom is -0.327 e. The summed E-state index contributed by atoms with van der Waals surface area (Å²) in [6.07, 6.45) is -4.89. The summed E-state index contributed by atoms with van der Waals surface area (Å²) in [6, 6.07) is 4.45. The molecule has 0 aliphatic rings. The predicted octanol–water partition coefficient (Wildman–Crippen LogP) is 4.21. The molecule has 0 aromatic heterocycles. The second-order valence-electron chi connectivity index (χ2n) is 3.83.